The van der Waals surface area contributed by atoms with Gasteiger partial charge in [-0.2, -0.15) is 0 Å². The first-order valence-corrected chi connectivity index (χ1v) is 14.9. The molecule has 1 aromatic heterocycles. The highest BCUT2D eigenvalue weighted by atomic mass is 16.5. The molecule has 8 heteroatoms. The van der Waals surface area contributed by atoms with Crippen molar-refractivity contribution >= 4 is 17.5 Å². The number of amides is 2. The Kier molecular flexibility index (Phi) is 9.39. The minimum Gasteiger partial charge on any atom is -0.479 e. The van der Waals surface area contributed by atoms with Gasteiger partial charge in [0.05, 0.1) is 7.11 Å². The third-order valence-electron chi connectivity index (χ3n) is 8.43. The highest BCUT2D eigenvalue weighted by Gasteiger charge is 2.35. The molecule has 0 N–H and O–H groups in total. The Balaban J connectivity index is 1.48. The monoisotopic (exact) mass is 558 g/mol. The van der Waals surface area contributed by atoms with Gasteiger partial charge in [-0.25, -0.2) is 0 Å². The summed E-state index contributed by atoms with van der Waals surface area (Å²) >= 11 is 0. The van der Waals surface area contributed by atoms with Crippen molar-refractivity contribution < 1.29 is 18.8 Å². The SMILES string of the molecule is COc1cc(CCC(=O)N2Cc3ccccc3N(C(=O)C(C)C)CCC3CCCC(C2)N3Cc2ccccc2)on1. The average Bonchev–Trinajstić information content (AvgIpc) is 3.45. The van der Waals surface area contributed by atoms with Crippen LogP contribution in [0, 0.1) is 5.92 Å². The molecule has 5 rings (SSSR count). The largest absolute Gasteiger partial charge is 0.479 e. The number of methoxy groups -OCH3 is 1. The number of anilines is 1. The zero-order chi connectivity index (χ0) is 28.8. The van der Waals surface area contributed by atoms with E-state index in [1.54, 1.807) is 13.2 Å². The average molecular weight is 559 g/mol. The van der Waals surface area contributed by atoms with Gasteiger partial charge in [-0.15, -0.1) is 0 Å². The highest BCUT2D eigenvalue weighted by molar-refractivity contribution is 5.95. The van der Waals surface area contributed by atoms with E-state index in [2.05, 4.69) is 40.4 Å². The number of carbonyl (C=O) groups is 2. The van der Waals surface area contributed by atoms with Crippen molar-refractivity contribution in [2.75, 3.05) is 25.1 Å². The van der Waals surface area contributed by atoms with Crippen LogP contribution in [-0.4, -0.2) is 59.1 Å². The summed E-state index contributed by atoms with van der Waals surface area (Å²) in [5, 5.41) is 3.88. The van der Waals surface area contributed by atoms with E-state index in [0.29, 0.717) is 50.2 Å². The summed E-state index contributed by atoms with van der Waals surface area (Å²) in [6.45, 7) is 6.52. The molecule has 0 aliphatic carbocycles. The molecule has 2 bridgehead atoms. The zero-order valence-corrected chi connectivity index (χ0v) is 24.5. The minimum atomic E-state index is -0.121. The molecule has 3 aromatic rings. The number of nitrogens with zero attached hydrogens (tertiary/aromatic N) is 4. The fourth-order valence-corrected chi connectivity index (χ4v) is 6.24. The van der Waals surface area contributed by atoms with E-state index >= 15 is 0 Å². The van der Waals surface area contributed by atoms with Gasteiger partial charge in [-0.05, 0) is 41.6 Å². The van der Waals surface area contributed by atoms with E-state index in [1.807, 2.05) is 47.9 Å². The van der Waals surface area contributed by atoms with Crippen LogP contribution in [0.15, 0.2) is 65.2 Å². The maximum absolute atomic E-state index is 13.9. The van der Waals surface area contributed by atoms with Crippen LogP contribution in [-0.2, 0) is 29.1 Å². The van der Waals surface area contributed by atoms with Gasteiger partial charge < -0.3 is 19.1 Å². The number of aryl methyl sites for hydroxylation is 1. The molecule has 218 valence electrons. The smallest absolute Gasteiger partial charge is 0.254 e. The van der Waals surface area contributed by atoms with Crippen LogP contribution < -0.4 is 9.64 Å². The summed E-state index contributed by atoms with van der Waals surface area (Å²) in [5.74, 6) is 1.11. The van der Waals surface area contributed by atoms with E-state index in [0.717, 1.165) is 43.5 Å². The quantitative estimate of drug-likeness (QED) is 0.383. The standard InChI is InChI=1S/C33H42N4O4/c1-24(2)33(39)36-19-18-27-13-9-14-28(37(27)21-25-10-5-4-6-11-25)23-35(22-26-12-7-8-15-30(26)36)32(38)17-16-29-20-31(40-3)34-41-29/h4-8,10-12,15,20,24,27-28H,9,13-14,16-19,21-23H2,1-3H3. The predicted molar refractivity (Wildman–Crippen MR) is 158 cm³/mol. The van der Waals surface area contributed by atoms with Crippen LogP contribution in [0.25, 0.3) is 0 Å². The number of aromatic nitrogens is 1. The van der Waals surface area contributed by atoms with Gasteiger partial charge in [0.1, 0.15) is 5.76 Å². The molecular formula is C33H42N4O4. The van der Waals surface area contributed by atoms with E-state index in [-0.39, 0.29) is 23.8 Å². The summed E-state index contributed by atoms with van der Waals surface area (Å²) in [6, 6.07) is 21.0. The van der Waals surface area contributed by atoms with Gasteiger partial charge in [-0.3, -0.25) is 14.5 Å². The van der Waals surface area contributed by atoms with Crippen LogP contribution >= 0.6 is 0 Å². The van der Waals surface area contributed by atoms with Gasteiger partial charge in [0.15, 0.2) is 0 Å². The fraction of sp³-hybridized carbons (Fsp3) is 0.485. The molecule has 2 aliphatic rings. The number of carbonyl (C=O) groups excluding carboxylic acids is 2. The molecule has 1 fully saturated rings. The Morgan fingerprint density at radius 2 is 1.78 bits per heavy atom. The summed E-state index contributed by atoms with van der Waals surface area (Å²) in [4.78, 5) is 34.0. The van der Waals surface area contributed by atoms with Gasteiger partial charge in [0, 0.05) is 68.8 Å². The molecule has 8 nitrogen and oxygen atoms in total. The molecule has 0 saturated carbocycles. The first kappa shape index (κ1) is 28.9. The van der Waals surface area contributed by atoms with Crippen molar-refractivity contribution in [3.8, 4) is 5.88 Å². The van der Waals surface area contributed by atoms with Crippen LogP contribution in [0.2, 0.25) is 0 Å². The first-order valence-electron chi connectivity index (χ1n) is 14.9. The normalized spacial score (nSPS) is 19.9. The summed E-state index contributed by atoms with van der Waals surface area (Å²) in [7, 11) is 1.55. The first-order chi connectivity index (χ1) is 19.9. The molecule has 2 amide bonds. The van der Waals surface area contributed by atoms with Crippen LogP contribution in [0.5, 0.6) is 5.88 Å². The zero-order valence-electron chi connectivity index (χ0n) is 24.5. The van der Waals surface area contributed by atoms with Crippen LogP contribution in [0.3, 0.4) is 0 Å². The third-order valence-corrected chi connectivity index (χ3v) is 8.43. The topological polar surface area (TPSA) is 79.1 Å². The number of piperidine rings is 1. The fourth-order valence-electron chi connectivity index (χ4n) is 6.24. The highest BCUT2D eigenvalue weighted by Crippen LogP contribution is 2.32. The molecule has 1 saturated heterocycles. The van der Waals surface area contributed by atoms with Crippen molar-refractivity contribution in [1.29, 1.82) is 0 Å². The Hall–Kier alpha value is -3.65. The molecule has 2 atom stereocenters. The number of rotatable bonds is 7. The Labute approximate surface area is 243 Å². The number of ether oxygens (including phenoxy) is 1. The molecule has 2 aliphatic heterocycles. The lowest BCUT2D eigenvalue weighted by molar-refractivity contribution is -0.133. The van der Waals surface area contributed by atoms with Crippen LogP contribution in [0.4, 0.5) is 5.69 Å². The van der Waals surface area contributed by atoms with Crippen molar-refractivity contribution in [2.24, 2.45) is 5.92 Å². The van der Waals surface area contributed by atoms with Gasteiger partial charge >= 0.3 is 0 Å². The van der Waals surface area contributed by atoms with E-state index < -0.39 is 0 Å². The van der Waals surface area contributed by atoms with Gasteiger partial charge in [0.25, 0.3) is 5.88 Å². The summed E-state index contributed by atoms with van der Waals surface area (Å²) < 4.78 is 10.5. The number of benzene rings is 2. The van der Waals surface area contributed by atoms with E-state index in [9.17, 15) is 9.59 Å². The van der Waals surface area contributed by atoms with Crippen molar-refractivity contribution in [2.45, 2.75) is 77.5 Å². The number of hydrogen-bond donors (Lipinski definition) is 0. The predicted octanol–water partition coefficient (Wildman–Crippen LogP) is 5.46. The van der Waals surface area contributed by atoms with Crippen LogP contribution in [0.1, 0.15) is 62.8 Å². The Bertz CT molecular complexity index is 1310. The minimum absolute atomic E-state index is 0.0675. The lowest BCUT2D eigenvalue weighted by Crippen LogP contribution is -2.52. The van der Waals surface area contributed by atoms with Gasteiger partial charge in [-0.1, -0.05) is 68.8 Å². The summed E-state index contributed by atoms with van der Waals surface area (Å²) in [6.07, 6.45) is 4.91. The molecule has 0 spiro atoms. The van der Waals surface area contributed by atoms with E-state index in [4.69, 9.17) is 9.26 Å². The second kappa shape index (κ2) is 13.3. The second-order valence-corrected chi connectivity index (χ2v) is 11.6. The maximum Gasteiger partial charge on any atom is 0.254 e. The van der Waals surface area contributed by atoms with Gasteiger partial charge in [0.2, 0.25) is 11.8 Å². The van der Waals surface area contributed by atoms with Crippen molar-refractivity contribution in [3.05, 3.63) is 77.6 Å². The third kappa shape index (κ3) is 6.99. The second-order valence-electron chi connectivity index (χ2n) is 11.6. The molecule has 2 aromatic carbocycles. The Morgan fingerprint density at radius 1 is 1.02 bits per heavy atom. The molecule has 3 heterocycles. The lowest BCUT2D eigenvalue weighted by atomic mass is 9.92. The number of hydrogen-bond acceptors (Lipinski definition) is 6. The van der Waals surface area contributed by atoms with Crippen molar-refractivity contribution in [1.82, 2.24) is 15.0 Å². The molecule has 2 unspecified atom stereocenters. The summed E-state index contributed by atoms with van der Waals surface area (Å²) in [5.41, 5.74) is 3.19. The van der Waals surface area contributed by atoms with Crippen molar-refractivity contribution in [3.63, 3.8) is 0 Å². The number of fused-ring (bicyclic) bond motifs is 3. The maximum atomic E-state index is 13.9. The number of para-hydroxylation sites is 1. The van der Waals surface area contributed by atoms with E-state index in [1.165, 1.54) is 5.56 Å². The lowest BCUT2D eigenvalue weighted by Gasteiger charge is -2.44. The molecule has 0 radical (unpaired) electrons. The molecular weight excluding hydrogens is 516 g/mol. The Morgan fingerprint density at radius 3 is 2.54 bits per heavy atom. The molecule has 41 heavy (non-hydrogen) atoms.